The van der Waals surface area contributed by atoms with Crippen LogP contribution >= 0.6 is 0 Å². The number of rotatable bonds is 5. The van der Waals surface area contributed by atoms with Crippen molar-refractivity contribution in [1.29, 1.82) is 0 Å². The van der Waals surface area contributed by atoms with Crippen molar-refractivity contribution in [2.45, 2.75) is 13.3 Å². The summed E-state index contributed by atoms with van der Waals surface area (Å²) in [5.74, 6) is -0.616. The molecule has 1 aromatic heterocycles. The Morgan fingerprint density at radius 1 is 1.56 bits per heavy atom. The predicted molar refractivity (Wildman–Crippen MR) is 58.8 cm³/mol. The number of carbonyl (C=O) groups excluding carboxylic acids is 2. The number of aromatic nitrogens is 1. The van der Waals surface area contributed by atoms with Crippen molar-refractivity contribution in [2.75, 3.05) is 18.9 Å². The van der Waals surface area contributed by atoms with Gasteiger partial charge in [0.15, 0.2) is 0 Å². The zero-order valence-corrected chi connectivity index (χ0v) is 9.08. The van der Waals surface area contributed by atoms with Gasteiger partial charge in [0.25, 0.3) is 5.91 Å². The molecule has 0 atom stereocenters. The lowest BCUT2D eigenvalue weighted by atomic mass is 10.3. The van der Waals surface area contributed by atoms with E-state index in [1.807, 2.05) is 0 Å². The number of nitrogens with two attached hydrogens (primary N) is 1. The van der Waals surface area contributed by atoms with Crippen molar-refractivity contribution in [3.8, 4) is 0 Å². The zero-order chi connectivity index (χ0) is 12.0. The van der Waals surface area contributed by atoms with Crippen molar-refractivity contribution in [3.05, 3.63) is 18.0 Å². The van der Waals surface area contributed by atoms with E-state index in [1.165, 1.54) is 12.3 Å². The first-order valence-corrected chi connectivity index (χ1v) is 5.01. The van der Waals surface area contributed by atoms with Gasteiger partial charge in [-0.3, -0.25) is 9.59 Å². The number of anilines is 1. The molecule has 1 rings (SSSR count). The van der Waals surface area contributed by atoms with Crippen LogP contribution in [0.25, 0.3) is 0 Å². The Bertz CT molecular complexity index is 373. The van der Waals surface area contributed by atoms with E-state index in [0.29, 0.717) is 18.0 Å². The lowest BCUT2D eigenvalue weighted by molar-refractivity contribution is -0.142. The highest BCUT2D eigenvalue weighted by atomic mass is 16.5. The summed E-state index contributed by atoms with van der Waals surface area (Å²) in [4.78, 5) is 25.1. The van der Waals surface area contributed by atoms with E-state index < -0.39 is 0 Å². The molecule has 0 saturated heterocycles. The fraction of sp³-hybridized carbons (Fsp3) is 0.400. The fourth-order valence-corrected chi connectivity index (χ4v) is 1.15. The smallest absolute Gasteiger partial charge is 0.307 e. The Morgan fingerprint density at radius 3 is 2.88 bits per heavy atom. The topological polar surface area (TPSA) is 97.2 Å². The Hall–Kier alpha value is -1.98. The summed E-state index contributed by atoms with van der Waals surface area (Å²) in [5, 5.41) is 2.58. The maximum Gasteiger partial charge on any atom is 0.307 e. The minimum absolute atomic E-state index is 0.162. The van der Waals surface area contributed by atoms with Gasteiger partial charge in [-0.05, 0) is 13.0 Å². The molecule has 16 heavy (non-hydrogen) atoms. The Kier molecular flexibility index (Phi) is 4.38. The lowest BCUT2D eigenvalue weighted by Gasteiger charge is -2.03. The lowest BCUT2D eigenvalue weighted by Crippen LogP contribution is -2.26. The van der Waals surface area contributed by atoms with E-state index in [2.05, 4.69) is 10.3 Å². The van der Waals surface area contributed by atoms with Crippen LogP contribution in [0.5, 0.6) is 0 Å². The quantitative estimate of drug-likeness (QED) is 0.627. The highest BCUT2D eigenvalue weighted by Gasteiger charge is 2.08. The molecule has 1 heterocycles. The number of H-pyrrole nitrogens is 1. The van der Waals surface area contributed by atoms with Gasteiger partial charge in [-0.15, -0.1) is 0 Å². The van der Waals surface area contributed by atoms with Crippen LogP contribution in [0.4, 0.5) is 5.69 Å². The van der Waals surface area contributed by atoms with Crippen molar-refractivity contribution in [3.63, 3.8) is 0 Å². The third-order valence-electron chi connectivity index (χ3n) is 1.87. The largest absolute Gasteiger partial charge is 0.466 e. The molecule has 0 saturated carbocycles. The van der Waals surface area contributed by atoms with Gasteiger partial charge in [-0.25, -0.2) is 0 Å². The molecule has 88 valence electrons. The summed E-state index contributed by atoms with van der Waals surface area (Å²) in [7, 11) is 0. The number of carbonyl (C=O) groups is 2. The second-order valence-electron chi connectivity index (χ2n) is 3.16. The van der Waals surface area contributed by atoms with Gasteiger partial charge in [0.1, 0.15) is 5.69 Å². The van der Waals surface area contributed by atoms with Crippen molar-refractivity contribution in [2.24, 2.45) is 0 Å². The minimum Gasteiger partial charge on any atom is -0.466 e. The van der Waals surface area contributed by atoms with E-state index >= 15 is 0 Å². The first-order valence-electron chi connectivity index (χ1n) is 5.01. The standard InChI is InChI=1S/C10H15N3O3/c1-2-16-9(14)3-4-12-10(15)8-5-7(11)6-13-8/h5-6,13H,2-4,11H2,1H3,(H,12,15). The summed E-state index contributed by atoms with van der Waals surface area (Å²) >= 11 is 0. The third-order valence-corrected chi connectivity index (χ3v) is 1.87. The minimum atomic E-state index is -0.325. The highest BCUT2D eigenvalue weighted by Crippen LogP contribution is 2.03. The number of aromatic amines is 1. The van der Waals surface area contributed by atoms with Gasteiger partial charge in [0, 0.05) is 18.4 Å². The van der Waals surface area contributed by atoms with Crippen molar-refractivity contribution < 1.29 is 14.3 Å². The molecule has 1 amide bonds. The van der Waals surface area contributed by atoms with Gasteiger partial charge in [0.05, 0.1) is 13.0 Å². The molecule has 0 spiro atoms. The molecule has 0 unspecified atom stereocenters. The Balaban J connectivity index is 2.28. The van der Waals surface area contributed by atoms with E-state index in [9.17, 15) is 9.59 Å². The molecular weight excluding hydrogens is 210 g/mol. The summed E-state index contributed by atoms with van der Waals surface area (Å²) in [6.45, 7) is 2.33. The van der Waals surface area contributed by atoms with Crippen LogP contribution in [0.2, 0.25) is 0 Å². The normalized spacial score (nSPS) is 9.81. The summed E-state index contributed by atoms with van der Waals surface area (Å²) in [5.41, 5.74) is 6.32. The van der Waals surface area contributed by atoms with E-state index in [1.54, 1.807) is 6.92 Å². The van der Waals surface area contributed by atoms with Crippen LogP contribution in [0.15, 0.2) is 12.3 Å². The SMILES string of the molecule is CCOC(=O)CCNC(=O)c1cc(N)c[nH]1. The van der Waals surface area contributed by atoms with Crippen LogP contribution in [0.1, 0.15) is 23.8 Å². The van der Waals surface area contributed by atoms with Crippen molar-refractivity contribution >= 4 is 17.6 Å². The summed E-state index contributed by atoms with van der Waals surface area (Å²) in [6, 6.07) is 1.53. The zero-order valence-electron chi connectivity index (χ0n) is 9.08. The van der Waals surface area contributed by atoms with E-state index in [4.69, 9.17) is 10.5 Å². The molecule has 0 radical (unpaired) electrons. The number of hydrogen-bond acceptors (Lipinski definition) is 4. The molecule has 0 aliphatic carbocycles. The van der Waals surface area contributed by atoms with E-state index in [0.717, 1.165) is 0 Å². The predicted octanol–water partition coefficient (Wildman–Crippen LogP) is 0.280. The van der Waals surface area contributed by atoms with Gasteiger partial charge < -0.3 is 20.8 Å². The fourth-order valence-electron chi connectivity index (χ4n) is 1.15. The van der Waals surface area contributed by atoms with Crippen LogP contribution < -0.4 is 11.1 Å². The summed E-state index contributed by atoms with van der Waals surface area (Å²) < 4.78 is 4.72. The van der Waals surface area contributed by atoms with Gasteiger partial charge >= 0.3 is 5.97 Å². The van der Waals surface area contributed by atoms with E-state index in [-0.39, 0.29) is 24.8 Å². The molecule has 0 aliphatic rings. The van der Waals surface area contributed by atoms with Crippen LogP contribution in [0, 0.1) is 0 Å². The second kappa shape index (κ2) is 5.79. The number of ether oxygens (including phenoxy) is 1. The molecule has 0 bridgehead atoms. The Morgan fingerprint density at radius 2 is 2.31 bits per heavy atom. The number of hydrogen-bond donors (Lipinski definition) is 3. The molecular formula is C10H15N3O3. The van der Waals surface area contributed by atoms with Crippen LogP contribution in [-0.2, 0) is 9.53 Å². The van der Waals surface area contributed by atoms with Crippen molar-refractivity contribution in [1.82, 2.24) is 10.3 Å². The molecule has 0 fully saturated rings. The molecule has 4 N–H and O–H groups in total. The maximum atomic E-state index is 11.4. The van der Waals surface area contributed by atoms with Gasteiger partial charge in [0.2, 0.25) is 0 Å². The molecule has 6 heteroatoms. The third kappa shape index (κ3) is 3.64. The first-order chi connectivity index (χ1) is 7.63. The number of esters is 1. The molecule has 6 nitrogen and oxygen atoms in total. The van der Waals surface area contributed by atoms with Gasteiger partial charge in [-0.2, -0.15) is 0 Å². The maximum absolute atomic E-state index is 11.4. The molecule has 1 aromatic rings. The van der Waals surface area contributed by atoms with Crippen LogP contribution in [-0.4, -0.2) is 30.0 Å². The average Bonchev–Trinajstić information content (AvgIpc) is 2.65. The number of amides is 1. The number of nitrogen functional groups attached to an aromatic ring is 1. The molecule has 0 aliphatic heterocycles. The van der Waals surface area contributed by atoms with Gasteiger partial charge in [-0.1, -0.05) is 0 Å². The first kappa shape index (κ1) is 12.1. The van der Waals surface area contributed by atoms with Crippen LogP contribution in [0.3, 0.4) is 0 Å². The number of nitrogens with one attached hydrogen (secondary N) is 2. The molecule has 0 aromatic carbocycles. The highest BCUT2D eigenvalue weighted by molar-refractivity contribution is 5.93. The monoisotopic (exact) mass is 225 g/mol. The second-order valence-corrected chi connectivity index (χ2v) is 3.16. The Labute approximate surface area is 93.2 Å². The summed E-state index contributed by atoms with van der Waals surface area (Å²) in [6.07, 6.45) is 1.69. The average molecular weight is 225 g/mol.